The molecule has 1 amide bonds. The Balaban J connectivity index is 2.40. The molecule has 0 spiro atoms. The predicted octanol–water partition coefficient (Wildman–Crippen LogP) is 2.14. The molecule has 0 aromatic carbocycles. The number of rotatable bonds is 5. The van der Waals surface area contributed by atoms with E-state index in [0.29, 0.717) is 10.4 Å². The van der Waals surface area contributed by atoms with Crippen molar-refractivity contribution in [3.8, 4) is 5.75 Å². The molecule has 1 unspecified atom stereocenters. The topological polar surface area (TPSA) is 51.2 Å². The average Bonchev–Trinajstić information content (AvgIpc) is 2.28. The summed E-state index contributed by atoms with van der Waals surface area (Å²) in [4.78, 5) is 15.4. The number of amides is 1. The minimum absolute atomic E-state index is 0.00856. The van der Waals surface area contributed by atoms with Crippen molar-refractivity contribution >= 4 is 21.8 Å². The molecule has 1 aromatic heterocycles. The third-order valence-electron chi connectivity index (χ3n) is 2.10. The molecule has 0 fully saturated rings. The lowest BCUT2D eigenvalue weighted by atomic mass is 10.2. The van der Waals surface area contributed by atoms with Gasteiger partial charge in [-0.2, -0.15) is 0 Å². The summed E-state index contributed by atoms with van der Waals surface area (Å²) < 4.78 is 5.93. The van der Waals surface area contributed by atoms with Crippen LogP contribution in [-0.2, 0) is 4.79 Å². The summed E-state index contributed by atoms with van der Waals surface area (Å²) in [7, 11) is 0. The highest BCUT2D eigenvalue weighted by Crippen LogP contribution is 2.20. The molecular formula is C11H15BrN2O2. The van der Waals surface area contributed by atoms with Crippen LogP contribution in [0.1, 0.15) is 20.3 Å². The predicted molar refractivity (Wildman–Crippen MR) is 65.3 cm³/mol. The van der Waals surface area contributed by atoms with Crippen LogP contribution in [0.5, 0.6) is 5.75 Å². The minimum atomic E-state index is -0.120. The van der Waals surface area contributed by atoms with Crippen LogP contribution in [0.3, 0.4) is 0 Å². The number of carbonyl (C=O) groups excluding carboxylic acids is 1. The van der Waals surface area contributed by atoms with Crippen molar-refractivity contribution in [2.24, 2.45) is 0 Å². The maximum Gasteiger partial charge on any atom is 0.258 e. The maximum atomic E-state index is 11.4. The van der Waals surface area contributed by atoms with E-state index in [0.717, 1.165) is 6.42 Å². The number of ether oxygens (including phenoxy) is 1. The molecule has 1 aromatic rings. The van der Waals surface area contributed by atoms with Crippen LogP contribution in [0.25, 0.3) is 0 Å². The van der Waals surface area contributed by atoms with Crippen LogP contribution in [0.4, 0.5) is 0 Å². The van der Waals surface area contributed by atoms with Crippen molar-refractivity contribution < 1.29 is 9.53 Å². The van der Waals surface area contributed by atoms with Gasteiger partial charge in [0.2, 0.25) is 0 Å². The Morgan fingerprint density at radius 2 is 2.44 bits per heavy atom. The summed E-state index contributed by atoms with van der Waals surface area (Å²) in [5.74, 6) is 0.451. The number of aromatic nitrogens is 1. The molecule has 5 heteroatoms. The molecule has 1 rings (SSSR count). The van der Waals surface area contributed by atoms with Crippen molar-refractivity contribution in [2.45, 2.75) is 26.3 Å². The van der Waals surface area contributed by atoms with Crippen LogP contribution in [0.15, 0.2) is 22.9 Å². The fourth-order valence-corrected chi connectivity index (χ4v) is 1.41. The summed E-state index contributed by atoms with van der Waals surface area (Å²) >= 11 is 3.24. The van der Waals surface area contributed by atoms with Gasteiger partial charge in [-0.05, 0) is 41.4 Å². The first kappa shape index (κ1) is 13.0. The number of hydrogen-bond acceptors (Lipinski definition) is 3. The van der Waals surface area contributed by atoms with Crippen LogP contribution in [0.2, 0.25) is 0 Å². The van der Waals surface area contributed by atoms with Gasteiger partial charge in [0.1, 0.15) is 4.60 Å². The first-order valence-electron chi connectivity index (χ1n) is 5.16. The van der Waals surface area contributed by atoms with Crippen LogP contribution in [-0.4, -0.2) is 23.5 Å². The van der Waals surface area contributed by atoms with Gasteiger partial charge in [-0.25, -0.2) is 4.98 Å². The highest BCUT2D eigenvalue weighted by atomic mass is 79.9. The molecule has 1 atom stereocenters. The van der Waals surface area contributed by atoms with Gasteiger partial charge < -0.3 is 10.1 Å². The third-order valence-corrected chi connectivity index (χ3v) is 2.70. The molecule has 0 bridgehead atoms. The van der Waals surface area contributed by atoms with Crippen molar-refractivity contribution in [3.63, 3.8) is 0 Å². The van der Waals surface area contributed by atoms with Gasteiger partial charge in [0.25, 0.3) is 5.91 Å². The quantitative estimate of drug-likeness (QED) is 0.844. The highest BCUT2D eigenvalue weighted by Gasteiger charge is 2.07. The van der Waals surface area contributed by atoms with Gasteiger partial charge in [0.15, 0.2) is 12.4 Å². The van der Waals surface area contributed by atoms with E-state index in [9.17, 15) is 4.79 Å². The minimum Gasteiger partial charge on any atom is -0.481 e. The lowest BCUT2D eigenvalue weighted by Crippen LogP contribution is -2.35. The van der Waals surface area contributed by atoms with Crippen LogP contribution in [0, 0.1) is 0 Å². The summed E-state index contributed by atoms with van der Waals surface area (Å²) in [6.45, 7) is 3.98. The second-order valence-electron chi connectivity index (χ2n) is 3.46. The van der Waals surface area contributed by atoms with E-state index in [1.54, 1.807) is 18.3 Å². The second kappa shape index (κ2) is 6.48. The third kappa shape index (κ3) is 4.18. The van der Waals surface area contributed by atoms with Crippen LogP contribution >= 0.6 is 15.9 Å². The summed E-state index contributed by atoms with van der Waals surface area (Å²) in [5.41, 5.74) is 0. The molecular weight excluding hydrogens is 272 g/mol. The molecule has 0 saturated heterocycles. The molecule has 0 aliphatic carbocycles. The van der Waals surface area contributed by atoms with Gasteiger partial charge in [-0.3, -0.25) is 4.79 Å². The van der Waals surface area contributed by atoms with Gasteiger partial charge >= 0.3 is 0 Å². The normalized spacial score (nSPS) is 11.9. The Morgan fingerprint density at radius 1 is 1.69 bits per heavy atom. The van der Waals surface area contributed by atoms with E-state index < -0.39 is 0 Å². The van der Waals surface area contributed by atoms with E-state index in [-0.39, 0.29) is 18.6 Å². The highest BCUT2D eigenvalue weighted by molar-refractivity contribution is 9.10. The van der Waals surface area contributed by atoms with Crippen LogP contribution < -0.4 is 10.1 Å². The Morgan fingerprint density at radius 3 is 3.06 bits per heavy atom. The summed E-state index contributed by atoms with van der Waals surface area (Å²) in [6.07, 6.45) is 2.55. The Bertz CT molecular complexity index is 358. The Labute approximate surface area is 104 Å². The van der Waals surface area contributed by atoms with Crippen molar-refractivity contribution in [2.75, 3.05) is 6.61 Å². The number of carbonyl (C=O) groups is 1. The molecule has 4 nitrogen and oxygen atoms in total. The largest absolute Gasteiger partial charge is 0.481 e. The van der Waals surface area contributed by atoms with Gasteiger partial charge in [-0.1, -0.05) is 6.92 Å². The van der Waals surface area contributed by atoms with E-state index in [2.05, 4.69) is 26.2 Å². The standard InChI is InChI=1S/C11H15BrN2O2/c1-3-8(2)14-10(15)7-16-9-5-4-6-13-11(9)12/h4-6,8H,3,7H2,1-2H3,(H,14,15). The summed E-state index contributed by atoms with van der Waals surface area (Å²) in [5, 5.41) is 2.82. The lowest BCUT2D eigenvalue weighted by molar-refractivity contribution is -0.123. The van der Waals surface area contributed by atoms with E-state index in [1.807, 2.05) is 13.8 Å². The zero-order valence-corrected chi connectivity index (χ0v) is 11.0. The molecule has 0 aliphatic heterocycles. The number of hydrogen-bond donors (Lipinski definition) is 1. The SMILES string of the molecule is CCC(C)NC(=O)COc1cccnc1Br. The fraction of sp³-hybridized carbons (Fsp3) is 0.455. The summed E-state index contributed by atoms with van der Waals surface area (Å²) in [6, 6.07) is 3.69. The molecule has 0 aliphatic rings. The number of nitrogens with one attached hydrogen (secondary N) is 1. The van der Waals surface area contributed by atoms with Gasteiger partial charge in [-0.15, -0.1) is 0 Å². The van der Waals surface area contributed by atoms with E-state index in [1.165, 1.54) is 0 Å². The zero-order valence-electron chi connectivity index (χ0n) is 9.37. The molecule has 1 N–H and O–H groups in total. The Hall–Kier alpha value is -1.10. The molecule has 0 saturated carbocycles. The molecule has 16 heavy (non-hydrogen) atoms. The van der Waals surface area contributed by atoms with E-state index >= 15 is 0 Å². The van der Waals surface area contributed by atoms with Crippen molar-refractivity contribution in [3.05, 3.63) is 22.9 Å². The fourth-order valence-electron chi connectivity index (χ4n) is 1.04. The maximum absolute atomic E-state index is 11.4. The van der Waals surface area contributed by atoms with Gasteiger partial charge in [0.05, 0.1) is 0 Å². The van der Waals surface area contributed by atoms with Crippen molar-refractivity contribution in [1.82, 2.24) is 10.3 Å². The Kier molecular flexibility index (Phi) is 5.25. The smallest absolute Gasteiger partial charge is 0.258 e. The molecule has 0 radical (unpaired) electrons. The zero-order chi connectivity index (χ0) is 12.0. The molecule has 1 heterocycles. The second-order valence-corrected chi connectivity index (χ2v) is 4.21. The van der Waals surface area contributed by atoms with Crippen molar-refractivity contribution in [1.29, 1.82) is 0 Å². The first-order chi connectivity index (χ1) is 7.63. The lowest BCUT2D eigenvalue weighted by Gasteiger charge is -2.12. The monoisotopic (exact) mass is 286 g/mol. The van der Waals surface area contributed by atoms with Gasteiger partial charge in [0, 0.05) is 12.2 Å². The average molecular weight is 287 g/mol. The molecule has 88 valence electrons. The number of pyridine rings is 1. The first-order valence-corrected chi connectivity index (χ1v) is 5.95. The van der Waals surface area contributed by atoms with E-state index in [4.69, 9.17) is 4.74 Å². The number of halogens is 1. The number of nitrogens with zero attached hydrogens (tertiary/aromatic N) is 1.